The minimum absolute atomic E-state index is 0.0619. The Hall–Kier alpha value is -2.90. The number of methoxy groups -OCH3 is 1. The van der Waals surface area contributed by atoms with Gasteiger partial charge in [0.05, 0.1) is 12.9 Å². The number of allylic oxidation sites excluding steroid dienone is 2. The topological polar surface area (TPSA) is 119 Å². The number of imidazole rings is 1. The first-order chi connectivity index (χ1) is 11.3. The molecule has 0 bridgehead atoms. The Kier molecular flexibility index (Phi) is 7.41. The molecule has 24 heavy (non-hydrogen) atoms. The van der Waals surface area contributed by atoms with Gasteiger partial charge in [-0.15, -0.1) is 0 Å². The fraction of sp³-hybridized carbons (Fsp3) is 0.375. The summed E-state index contributed by atoms with van der Waals surface area (Å²) in [6.45, 7) is 2.67. The molecule has 0 spiro atoms. The molecule has 0 saturated carbocycles. The van der Waals surface area contributed by atoms with Gasteiger partial charge in [-0.05, 0) is 13.3 Å². The second-order valence-electron chi connectivity index (χ2n) is 5.09. The number of carbonyl (C=O) groups excluding carboxylic acids is 1. The molecule has 0 amide bonds. The van der Waals surface area contributed by atoms with E-state index in [1.807, 2.05) is 17.7 Å². The average Bonchev–Trinajstić information content (AvgIpc) is 2.93. The van der Waals surface area contributed by atoms with Crippen molar-refractivity contribution in [2.24, 2.45) is 5.92 Å². The highest BCUT2D eigenvalue weighted by molar-refractivity contribution is 5.92. The lowest BCUT2D eigenvalue weighted by molar-refractivity contribution is -0.134. The summed E-state index contributed by atoms with van der Waals surface area (Å²) in [5.74, 6) is -0.541. The van der Waals surface area contributed by atoms with Crippen LogP contribution in [-0.2, 0) is 25.7 Å². The molecule has 1 heterocycles. The minimum Gasteiger partial charge on any atom is -0.501 e. The molecule has 1 aromatic heterocycles. The predicted molar refractivity (Wildman–Crippen MR) is 84.2 cm³/mol. The summed E-state index contributed by atoms with van der Waals surface area (Å²) in [6, 6.07) is 0. The maximum Gasteiger partial charge on any atom is 0.328 e. The van der Waals surface area contributed by atoms with Gasteiger partial charge in [-0.25, -0.2) is 14.6 Å². The van der Waals surface area contributed by atoms with Crippen LogP contribution in [0.4, 0.5) is 0 Å². The zero-order valence-corrected chi connectivity index (χ0v) is 13.5. The van der Waals surface area contributed by atoms with Gasteiger partial charge in [-0.3, -0.25) is 4.79 Å². The van der Waals surface area contributed by atoms with Crippen molar-refractivity contribution in [3.8, 4) is 0 Å². The van der Waals surface area contributed by atoms with Crippen LogP contribution in [0, 0.1) is 12.8 Å². The monoisotopic (exact) mass is 336 g/mol. The van der Waals surface area contributed by atoms with E-state index < -0.39 is 11.9 Å². The molecule has 1 aliphatic carbocycles. The SMILES string of the molecule is COC1=CC(=O)C(Cn2ccnc2C)CC1.O=C(O)/C=C\C(=O)O. The van der Waals surface area contributed by atoms with Crippen LogP contribution in [0.25, 0.3) is 0 Å². The second-order valence-corrected chi connectivity index (χ2v) is 5.09. The Morgan fingerprint density at radius 3 is 2.42 bits per heavy atom. The van der Waals surface area contributed by atoms with Gasteiger partial charge in [0.1, 0.15) is 5.82 Å². The molecule has 2 N–H and O–H groups in total. The predicted octanol–water partition coefficient (Wildman–Crippen LogP) is 1.41. The van der Waals surface area contributed by atoms with E-state index in [0.717, 1.165) is 31.0 Å². The number of ether oxygens (including phenoxy) is 1. The molecule has 0 aromatic carbocycles. The van der Waals surface area contributed by atoms with Gasteiger partial charge in [0.15, 0.2) is 5.78 Å². The lowest BCUT2D eigenvalue weighted by Gasteiger charge is -2.20. The lowest BCUT2D eigenvalue weighted by Crippen LogP contribution is -2.23. The van der Waals surface area contributed by atoms with Crippen LogP contribution < -0.4 is 0 Å². The molecule has 0 aliphatic heterocycles. The summed E-state index contributed by atoms with van der Waals surface area (Å²) in [7, 11) is 1.61. The van der Waals surface area contributed by atoms with E-state index in [0.29, 0.717) is 12.2 Å². The number of aromatic nitrogens is 2. The Labute approximate surface area is 139 Å². The average molecular weight is 336 g/mol. The van der Waals surface area contributed by atoms with Crippen molar-refractivity contribution in [2.45, 2.75) is 26.3 Å². The smallest absolute Gasteiger partial charge is 0.328 e. The molecule has 0 saturated heterocycles. The summed E-state index contributed by atoms with van der Waals surface area (Å²) in [5.41, 5.74) is 0. The van der Waals surface area contributed by atoms with Crippen molar-refractivity contribution in [1.29, 1.82) is 0 Å². The van der Waals surface area contributed by atoms with Crippen molar-refractivity contribution in [2.75, 3.05) is 7.11 Å². The summed E-state index contributed by atoms with van der Waals surface area (Å²) < 4.78 is 7.11. The molecule has 2 rings (SSSR count). The van der Waals surface area contributed by atoms with Gasteiger partial charge < -0.3 is 19.5 Å². The molecular formula is C16H20N2O6. The maximum atomic E-state index is 11.8. The van der Waals surface area contributed by atoms with Crippen LogP contribution >= 0.6 is 0 Å². The molecule has 0 radical (unpaired) electrons. The van der Waals surface area contributed by atoms with Crippen LogP contribution in [0.2, 0.25) is 0 Å². The number of hydrogen-bond acceptors (Lipinski definition) is 5. The highest BCUT2D eigenvalue weighted by atomic mass is 16.5. The van der Waals surface area contributed by atoms with E-state index in [1.165, 1.54) is 0 Å². The van der Waals surface area contributed by atoms with Gasteiger partial charge in [0.25, 0.3) is 0 Å². The van der Waals surface area contributed by atoms with E-state index in [4.69, 9.17) is 14.9 Å². The van der Waals surface area contributed by atoms with Crippen molar-refractivity contribution in [3.63, 3.8) is 0 Å². The highest BCUT2D eigenvalue weighted by Gasteiger charge is 2.23. The van der Waals surface area contributed by atoms with E-state index in [2.05, 4.69) is 4.98 Å². The fourth-order valence-corrected chi connectivity index (χ4v) is 2.13. The van der Waals surface area contributed by atoms with E-state index in [1.54, 1.807) is 19.4 Å². The molecule has 8 heteroatoms. The first-order valence-electron chi connectivity index (χ1n) is 7.23. The molecule has 1 aromatic rings. The lowest BCUT2D eigenvalue weighted by atomic mass is 9.92. The number of aryl methyl sites for hydroxylation is 1. The van der Waals surface area contributed by atoms with E-state index in [9.17, 15) is 14.4 Å². The molecule has 1 unspecified atom stereocenters. The van der Waals surface area contributed by atoms with Gasteiger partial charge in [0.2, 0.25) is 0 Å². The number of rotatable bonds is 5. The molecule has 1 aliphatic rings. The number of hydrogen-bond donors (Lipinski definition) is 2. The molecule has 130 valence electrons. The summed E-state index contributed by atoms with van der Waals surface area (Å²) >= 11 is 0. The van der Waals surface area contributed by atoms with Crippen molar-refractivity contribution < 1.29 is 29.3 Å². The number of carboxylic acid groups (broad SMARTS) is 2. The fourth-order valence-electron chi connectivity index (χ4n) is 2.13. The van der Waals surface area contributed by atoms with Gasteiger partial charge in [-0.1, -0.05) is 0 Å². The zero-order chi connectivity index (χ0) is 18.1. The van der Waals surface area contributed by atoms with Crippen LogP contribution in [0.5, 0.6) is 0 Å². The van der Waals surface area contributed by atoms with E-state index >= 15 is 0 Å². The Balaban J connectivity index is 0.000000307. The van der Waals surface area contributed by atoms with Crippen molar-refractivity contribution in [1.82, 2.24) is 9.55 Å². The van der Waals surface area contributed by atoms with Gasteiger partial charge in [-0.2, -0.15) is 0 Å². The van der Waals surface area contributed by atoms with Gasteiger partial charge in [0, 0.05) is 49.5 Å². The second kappa shape index (κ2) is 9.29. The maximum absolute atomic E-state index is 11.8. The third-order valence-corrected chi connectivity index (χ3v) is 3.42. The highest BCUT2D eigenvalue weighted by Crippen LogP contribution is 2.22. The first-order valence-corrected chi connectivity index (χ1v) is 7.23. The molecule has 1 atom stereocenters. The van der Waals surface area contributed by atoms with E-state index in [-0.39, 0.29) is 11.7 Å². The Bertz CT molecular complexity index is 643. The standard InChI is InChI=1S/C12H16N2O2.C4H4O4/c1-9-13-5-6-14(9)8-10-3-4-11(16-2)7-12(10)15;5-3(6)1-2-4(7)8/h5-7,10H,3-4,8H2,1-2H3;1-2H,(H,5,6)(H,7,8)/b;2-1-. The quantitative estimate of drug-likeness (QED) is 0.780. The number of carboxylic acids is 2. The number of carbonyl (C=O) groups is 3. The normalized spacial score (nSPS) is 17.0. The Morgan fingerprint density at radius 2 is 2.00 bits per heavy atom. The zero-order valence-electron chi connectivity index (χ0n) is 13.5. The summed E-state index contributed by atoms with van der Waals surface area (Å²) in [5, 5.41) is 15.6. The third-order valence-electron chi connectivity index (χ3n) is 3.42. The van der Waals surface area contributed by atoms with Crippen LogP contribution in [0.15, 0.2) is 36.4 Å². The summed E-state index contributed by atoms with van der Waals surface area (Å²) in [6.07, 6.45) is 8.12. The number of aliphatic carboxylic acids is 2. The third kappa shape index (κ3) is 6.47. The molecule has 8 nitrogen and oxygen atoms in total. The van der Waals surface area contributed by atoms with Crippen molar-refractivity contribution >= 4 is 17.7 Å². The molecule has 0 fully saturated rings. The van der Waals surface area contributed by atoms with Crippen molar-refractivity contribution in [3.05, 3.63) is 42.2 Å². The summed E-state index contributed by atoms with van der Waals surface area (Å²) in [4.78, 5) is 35.1. The first kappa shape index (κ1) is 19.1. The molecular weight excluding hydrogens is 316 g/mol. The van der Waals surface area contributed by atoms with Gasteiger partial charge >= 0.3 is 11.9 Å². The Morgan fingerprint density at radius 1 is 1.38 bits per heavy atom. The van der Waals surface area contributed by atoms with Crippen LogP contribution in [-0.4, -0.2) is 44.6 Å². The van der Waals surface area contributed by atoms with Crippen LogP contribution in [0.3, 0.4) is 0 Å². The minimum atomic E-state index is -1.26. The number of ketones is 1. The number of nitrogens with zero attached hydrogens (tertiary/aromatic N) is 2. The largest absolute Gasteiger partial charge is 0.501 e. The van der Waals surface area contributed by atoms with Crippen LogP contribution in [0.1, 0.15) is 18.7 Å².